The molecule has 1 fully saturated rings. The van der Waals surface area contributed by atoms with Crippen LogP contribution in [0.1, 0.15) is 35.7 Å². The largest absolute Gasteiger partial charge is 0.462 e. The van der Waals surface area contributed by atoms with Gasteiger partial charge in [-0.1, -0.05) is 23.9 Å². The summed E-state index contributed by atoms with van der Waals surface area (Å²) in [6.07, 6.45) is 5.11. The van der Waals surface area contributed by atoms with Crippen molar-refractivity contribution in [2.24, 2.45) is 0 Å². The van der Waals surface area contributed by atoms with E-state index in [9.17, 15) is 13.2 Å². The Morgan fingerprint density at radius 2 is 1.93 bits per heavy atom. The Bertz CT molecular complexity index is 959. The van der Waals surface area contributed by atoms with Crippen molar-refractivity contribution in [2.75, 3.05) is 31.3 Å². The summed E-state index contributed by atoms with van der Waals surface area (Å²) in [5.41, 5.74) is 1.13. The van der Waals surface area contributed by atoms with Gasteiger partial charge in [-0.3, -0.25) is 0 Å². The van der Waals surface area contributed by atoms with Crippen LogP contribution in [0.3, 0.4) is 0 Å². The predicted octanol–water partition coefficient (Wildman–Crippen LogP) is 2.77. The topological polar surface area (TPSA) is 101 Å². The van der Waals surface area contributed by atoms with Gasteiger partial charge in [0.25, 0.3) is 0 Å². The highest BCUT2D eigenvalue weighted by molar-refractivity contribution is 7.98. The lowest BCUT2D eigenvalue weighted by Crippen LogP contribution is -2.27. The molecule has 10 heteroatoms. The average molecular weight is 437 g/mol. The van der Waals surface area contributed by atoms with E-state index < -0.39 is 16.0 Å². The Morgan fingerprint density at radius 3 is 2.55 bits per heavy atom. The van der Waals surface area contributed by atoms with E-state index in [1.165, 1.54) is 22.3 Å². The minimum atomic E-state index is -3.43. The molecule has 8 nitrogen and oxygen atoms in total. The molecular weight excluding hydrogens is 412 g/mol. The van der Waals surface area contributed by atoms with Gasteiger partial charge in [-0.25, -0.2) is 23.2 Å². The van der Waals surface area contributed by atoms with Crippen LogP contribution in [0, 0.1) is 0 Å². The van der Waals surface area contributed by atoms with Gasteiger partial charge in [0.15, 0.2) is 5.16 Å². The number of hydrogen-bond donors (Lipinski definition) is 1. The van der Waals surface area contributed by atoms with Crippen molar-refractivity contribution >= 4 is 33.6 Å². The summed E-state index contributed by atoms with van der Waals surface area (Å²) in [6, 6.07) is 6.75. The maximum absolute atomic E-state index is 12.6. The smallest absolute Gasteiger partial charge is 0.343 e. The zero-order valence-electron chi connectivity index (χ0n) is 16.4. The number of nitrogens with one attached hydrogen (secondary N) is 1. The number of sulfonamides is 1. The molecule has 2 aromatic rings. The summed E-state index contributed by atoms with van der Waals surface area (Å²) < 4.78 is 31.8. The van der Waals surface area contributed by atoms with Crippen LogP contribution in [0.4, 0.5) is 5.82 Å². The number of anilines is 1. The van der Waals surface area contributed by atoms with Crippen LogP contribution in [0.2, 0.25) is 0 Å². The van der Waals surface area contributed by atoms with Crippen molar-refractivity contribution in [3.05, 3.63) is 41.6 Å². The van der Waals surface area contributed by atoms with Gasteiger partial charge in [0.05, 0.1) is 11.5 Å². The second kappa shape index (κ2) is 9.55. The van der Waals surface area contributed by atoms with Crippen molar-refractivity contribution in [2.45, 2.75) is 36.4 Å². The molecule has 2 heterocycles. The molecule has 1 aliphatic heterocycles. The first-order valence-electron chi connectivity index (χ1n) is 9.37. The molecule has 1 saturated heterocycles. The van der Waals surface area contributed by atoms with Crippen LogP contribution < -0.4 is 5.32 Å². The van der Waals surface area contributed by atoms with E-state index in [1.807, 2.05) is 6.26 Å². The molecule has 0 unspecified atom stereocenters. The maximum atomic E-state index is 12.6. The Morgan fingerprint density at radius 1 is 1.24 bits per heavy atom. The summed E-state index contributed by atoms with van der Waals surface area (Å²) in [6.45, 7) is 3.53. The number of aromatic nitrogens is 2. The van der Waals surface area contributed by atoms with Gasteiger partial charge in [-0.15, -0.1) is 0 Å². The highest BCUT2D eigenvalue weighted by Gasteiger charge is 2.26. The molecule has 0 bridgehead atoms. The van der Waals surface area contributed by atoms with Gasteiger partial charge in [0.1, 0.15) is 11.4 Å². The summed E-state index contributed by atoms with van der Waals surface area (Å²) in [7, 11) is -3.43. The van der Waals surface area contributed by atoms with Crippen LogP contribution in [0.15, 0.2) is 40.5 Å². The van der Waals surface area contributed by atoms with Gasteiger partial charge in [-0.05, 0) is 43.7 Å². The summed E-state index contributed by atoms with van der Waals surface area (Å²) in [4.78, 5) is 20.9. The minimum absolute atomic E-state index is 0.259. The number of rotatable bonds is 8. The van der Waals surface area contributed by atoms with Crippen molar-refractivity contribution in [3.8, 4) is 0 Å². The first-order chi connectivity index (χ1) is 14.0. The van der Waals surface area contributed by atoms with Gasteiger partial charge in [0, 0.05) is 25.8 Å². The highest BCUT2D eigenvalue weighted by Crippen LogP contribution is 2.22. The summed E-state index contributed by atoms with van der Waals surface area (Å²) in [5.74, 6) is -0.105. The number of benzene rings is 1. The van der Waals surface area contributed by atoms with Gasteiger partial charge >= 0.3 is 5.97 Å². The monoisotopic (exact) mass is 436 g/mol. The van der Waals surface area contributed by atoms with Crippen molar-refractivity contribution < 1.29 is 17.9 Å². The van der Waals surface area contributed by atoms with Crippen molar-refractivity contribution in [1.82, 2.24) is 14.3 Å². The second-order valence-corrected chi connectivity index (χ2v) is 9.16. The first kappa shape index (κ1) is 21.5. The molecule has 1 N–H and O–H groups in total. The molecule has 0 spiro atoms. The van der Waals surface area contributed by atoms with Crippen molar-refractivity contribution in [3.63, 3.8) is 0 Å². The summed E-state index contributed by atoms with van der Waals surface area (Å²) in [5, 5.41) is 3.67. The first-order valence-corrected chi connectivity index (χ1v) is 12.0. The molecular formula is C19H24N4O4S2. The number of esters is 1. The maximum Gasteiger partial charge on any atom is 0.343 e. The molecule has 1 aromatic carbocycles. The van der Waals surface area contributed by atoms with Gasteiger partial charge < -0.3 is 10.1 Å². The quantitative estimate of drug-likeness (QED) is 0.383. The fourth-order valence-corrected chi connectivity index (χ4v) is 4.86. The fraction of sp³-hybridized carbons (Fsp3) is 0.421. The van der Waals surface area contributed by atoms with Crippen LogP contribution in [0.25, 0.3) is 0 Å². The third-order valence-corrected chi connectivity index (χ3v) is 7.01. The molecule has 29 heavy (non-hydrogen) atoms. The van der Waals surface area contributed by atoms with Crippen LogP contribution in [-0.4, -0.2) is 54.6 Å². The van der Waals surface area contributed by atoms with Gasteiger partial charge in [0.2, 0.25) is 10.0 Å². The van der Waals surface area contributed by atoms with E-state index in [4.69, 9.17) is 4.74 Å². The Balaban J connectivity index is 1.74. The fourth-order valence-electron chi connectivity index (χ4n) is 3.00. The SMILES string of the molecule is CCOC(=O)c1cnc(SC)nc1NCc1ccc(S(=O)(=O)N2CCCC2)cc1. The average Bonchev–Trinajstić information content (AvgIpc) is 3.28. The molecule has 0 radical (unpaired) electrons. The number of hydrogen-bond acceptors (Lipinski definition) is 8. The number of nitrogens with zero attached hydrogens (tertiary/aromatic N) is 3. The zero-order chi connectivity index (χ0) is 20.9. The van der Waals surface area contributed by atoms with E-state index in [2.05, 4.69) is 15.3 Å². The number of carbonyl (C=O) groups excluding carboxylic acids is 1. The molecule has 1 aromatic heterocycles. The molecule has 156 valence electrons. The third kappa shape index (κ3) is 5.06. The number of carbonyl (C=O) groups is 1. The van der Waals surface area contributed by atoms with Crippen LogP contribution in [0.5, 0.6) is 0 Å². The predicted molar refractivity (Wildman–Crippen MR) is 112 cm³/mol. The molecule has 1 aliphatic rings. The van der Waals surface area contributed by atoms with E-state index in [0.717, 1.165) is 18.4 Å². The Labute approximate surface area is 175 Å². The van der Waals surface area contributed by atoms with E-state index in [-0.39, 0.29) is 12.2 Å². The van der Waals surface area contributed by atoms with Gasteiger partial charge in [-0.2, -0.15) is 4.31 Å². The normalized spacial score (nSPS) is 14.7. The highest BCUT2D eigenvalue weighted by atomic mass is 32.2. The lowest BCUT2D eigenvalue weighted by atomic mass is 10.2. The lowest BCUT2D eigenvalue weighted by Gasteiger charge is -2.16. The molecule has 0 aliphatic carbocycles. The Kier molecular flexibility index (Phi) is 7.09. The molecule has 0 saturated carbocycles. The van der Waals surface area contributed by atoms with E-state index in [1.54, 1.807) is 31.2 Å². The Hall–Kier alpha value is -2.17. The van der Waals surface area contributed by atoms with E-state index in [0.29, 0.717) is 35.5 Å². The molecule has 0 amide bonds. The molecule has 0 atom stereocenters. The second-order valence-electron chi connectivity index (χ2n) is 6.45. The molecule has 3 rings (SSSR count). The standard InChI is InChI=1S/C19H24N4O4S2/c1-3-27-18(24)16-13-21-19(28-2)22-17(16)20-12-14-6-8-15(9-7-14)29(25,26)23-10-4-5-11-23/h6-9,13H,3-5,10-12H2,1-2H3,(H,20,21,22). The third-order valence-electron chi connectivity index (χ3n) is 4.53. The lowest BCUT2D eigenvalue weighted by molar-refractivity contribution is 0.0526. The van der Waals surface area contributed by atoms with E-state index >= 15 is 0 Å². The number of ether oxygens (including phenoxy) is 1. The van der Waals surface area contributed by atoms with Crippen molar-refractivity contribution in [1.29, 1.82) is 0 Å². The summed E-state index contributed by atoms with van der Waals surface area (Å²) >= 11 is 1.37. The zero-order valence-corrected chi connectivity index (χ0v) is 18.1. The van der Waals surface area contributed by atoms with Crippen LogP contribution >= 0.6 is 11.8 Å². The minimum Gasteiger partial charge on any atom is -0.462 e. The van der Waals surface area contributed by atoms with Crippen LogP contribution in [-0.2, 0) is 21.3 Å². The number of thioether (sulfide) groups is 1.